The van der Waals surface area contributed by atoms with Crippen LogP contribution in [0.25, 0.3) is 5.69 Å². The van der Waals surface area contributed by atoms with Crippen LogP contribution in [0.15, 0.2) is 60.9 Å². The molecule has 0 N–H and O–H groups in total. The summed E-state index contributed by atoms with van der Waals surface area (Å²) < 4.78 is 7.75. The molecule has 1 aromatic heterocycles. The molecule has 3 heterocycles. The van der Waals surface area contributed by atoms with E-state index in [2.05, 4.69) is 47.0 Å². The highest BCUT2D eigenvalue weighted by Crippen LogP contribution is 2.41. The maximum absolute atomic E-state index is 13.0. The first-order valence-corrected chi connectivity index (χ1v) is 11.4. The third kappa shape index (κ3) is 3.58. The van der Waals surface area contributed by atoms with Gasteiger partial charge in [-0.2, -0.15) is 0 Å². The predicted octanol–water partition coefficient (Wildman–Crippen LogP) is 3.78. The number of hydrogen-bond acceptors (Lipinski definition) is 4. The molecule has 0 bridgehead atoms. The normalized spacial score (nSPS) is 17.5. The summed E-state index contributed by atoms with van der Waals surface area (Å²) in [6, 6.07) is 16.4. The van der Waals surface area contributed by atoms with Crippen LogP contribution in [-0.2, 0) is 23.3 Å². The van der Waals surface area contributed by atoms with Gasteiger partial charge in [0.2, 0.25) is 5.91 Å². The van der Waals surface area contributed by atoms with Gasteiger partial charge in [0.1, 0.15) is 11.6 Å². The first-order valence-electron chi connectivity index (χ1n) is 11.4. The Morgan fingerprint density at radius 2 is 1.84 bits per heavy atom. The summed E-state index contributed by atoms with van der Waals surface area (Å²) in [4.78, 5) is 22.3. The molecule has 1 fully saturated rings. The molecular weight excluding hydrogens is 400 g/mol. The van der Waals surface area contributed by atoms with E-state index in [1.165, 1.54) is 11.3 Å². The van der Waals surface area contributed by atoms with Gasteiger partial charge < -0.3 is 14.2 Å². The van der Waals surface area contributed by atoms with Crippen LogP contribution in [0, 0.1) is 0 Å². The largest absolute Gasteiger partial charge is 0.494 e. The van der Waals surface area contributed by atoms with Crippen molar-refractivity contribution in [3.8, 4) is 11.4 Å². The van der Waals surface area contributed by atoms with E-state index in [4.69, 9.17) is 9.72 Å². The Bertz CT molecular complexity index is 1100. The molecule has 6 nitrogen and oxygen atoms in total. The minimum Gasteiger partial charge on any atom is -0.494 e. The number of rotatable bonds is 4. The summed E-state index contributed by atoms with van der Waals surface area (Å²) in [6.07, 6.45) is 6.15. The van der Waals surface area contributed by atoms with Crippen molar-refractivity contribution in [3.05, 3.63) is 77.9 Å². The second-order valence-corrected chi connectivity index (χ2v) is 8.77. The van der Waals surface area contributed by atoms with Gasteiger partial charge in [0, 0.05) is 32.0 Å². The number of imidazole rings is 1. The fourth-order valence-corrected chi connectivity index (χ4v) is 5.19. The first-order chi connectivity index (χ1) is 15.6. The monoisotopic (exact) mass is 430 g/mol. The highest BCUT2D eigenvalue weighted by molar-refractivity contribution is 5.79. The number of benzene rings is 2. The second-order valence-electron chi connectivity index (χ2n) is 8.77. The lowest BCUT2D eigenvalue weighted by molar-refractivity contribution is -0.133. The maximum Gasteiger partial charge on any atom is 0.226 e. The zero-order valence-electron chi connectivity index (χ0n) is 18.8. The van der Waals surface area contributed by atoms with Gasteiger partial charge in [-0.3, -0.25) is 9.69 Å². The van der Waals surface area contributed by atoms with Gasteiger partial charge in [0.05, 0.1) is 24.3 Å². The second kappa shape index (κ2) is 8.43. The zero-order valence-corrected chi connectivity index (χ0v) is 18.8. The van der Waals surface area contributed by atoms with Crippen molar-refractivity contribution in [3.63, 3.8) is 0 Å². The quantitative estimate of drug-likeness (QED) is 0.632. The lowest BCUT2D eigenvalue weighted by atomic mass is 9.84. The van der Waals surface area contributed by atoms with Crippen molar-refractivity contribution in [1.82, 2.24) is 19.4 Å². The third-order valence-electron chi connectivity index (χ3n) is 6.98. The van der Waals surface area contributed by atoms with Crippen molar-refractivity contribution >= 4 is 5.91 Å². The lowest BCUT2D eigenvalue weighted by Crippen LogP contribution is -2.53. The molecule has 166 valence electrons. The average Bonchev–Trinajstić information content (AvgIpc) is 3.28. The van der Waals surface area contributed by atoms with E-state index in [1.54, 1.807) is 0 Å². The van der Waals surface area contributed by atoms with Crippen molar-refractivity contribution in [2.45, 2.75) is 38.3 Å². The number of fused-ring (bicyclic) bond motifs is 4. The first kappa shape index (κ1) is 20.8. The van der Waals surface area contributed by atoms with E-state index in [0.717, 1.165) is 49.6 Å². The number of carbonyl (C=O) groups is 1. The summed E-state index contributed by atoms with van der Waals surface area (Å²) in [5.41, 5.74) is 3.37. The fourth-order valence-electron chi connectivity index (χ4n) is 5.19. The molecule has 1 saturated heterocycles. The van der Waals surface area contributed by atoms with Crippen LogP contribution in [0.2, 0.25) is 0 Å². The Morgan fingerprint density at radius 3 is 2.59 bits per heavy atom. The summed E-state index contributed by atoms with van der Waals surface area (Å²) in [6.45, 7) is 4.97. The van der Waals surface area contributed by atoms with Crippen LogP contribution in [-0.4, -0.2) is 52.0 Å². The molecule has 2 aromatic carbocycles. The average molecular weight is 431 g/mol. The summed E-state index contributed by atoms with van der Waals surface area (Å²) >= 11 is 0. The van der Waals surface area contributed by atoms with Crippen molar-refractivity contribution in [2.24, 2.45) is 0 Å². The Hall–Kier alpha value is -3.12. The number of carbonyl (C=O) groups excluding carboxylic acids is 1. The van der Waals surface area contributed by atoms with E-state index >= 15 is 0 Å². The van der Waals surface area contributed by atoms with E-state index < -0.39 is 0 Å². The molecule has 5 rings (SSSR count). The SMILES string of the molecule is CCOc1ccc(CC(=O)N2CCC3(CC2)c2nccn2-c2ccccc2CN3C)cc1. The fraction of sp³-hybridized carbons (Fsp3) is 0.385. The van der Waals surface area contributed by atoms with Gasteiger partial charge in [0.15, 0.2) is 0 Å². The summed E-state index contributed by atoms with van der Waals surface area (Å²) in [7, 11) is 2.19. The van der Waals surface area contributed by atoms with E-state index in [0.29, 0.717) is 13.0 Å². The van der Waals surface area contributed by atoms with Gasteiger partial charge in [-0.05, 0) is 56.1 Å². The number of likely N-dealkylation sites (tertiary alicyclic amines) is 1. The van der Waals surface area contributed by atoms with Crippen LogP contribution in [0.1, 0.15) is 36.7 Å². The van der Waals surface area contributed by atoms with Gasteiger partial charge in [-0.1, -0.05) is 30.3 Å². The zero-order chi connectivity index (χ0) is 22.1. The molecule has 3 aromatic rings. The van der Waals surface area contributed by atoms with Gasteiger partial charge in [-0.15, -0.1) is 0 Å². The van der Waals surface area contributed by atoms with Gasteiger partial charge in [0.25, 0.3) is 0 Å². The number of ether oxygens (including phenoxy) is 1. The molecule has 2 aliphatic rings. The van der Waals surface area contributed by atoms with Crippen LogP contribution < -0.4 is 4.74 Å². The Morgan fingerprint density at radius 1 is 1.09 bits per heavy atom. The smallest absolute Gasteiger partial charge is 0.226 e. The van der Waals surface area contributed by atoms with Crippen molar-refractivity contribution in [1.29, 1.82) is 0 Å². The number of nitrogens with zero attached hydrogens (tertiary/aromatic N) is 4. The van der Waals surface area contributed by atoms with E-state index in [9.17, 15) is 4.79 Å². The van der Waals surface area contributed by atoms with E-state index in [1.807, 2.05) is 42.3 Å². The van der Waals surface area contributed by atoms with Crippen molar-refractivity contribution < 1.29 is 9.53 Å². The van der Waals surface area contributed by atoms with Gasteiger partial charge in [-0.25, -0.2) is 4.98 Å². The predicted molar refractivity (Wildman–Crippen MR) is 124 cm³/mol. The highest BCUT2D eigenvalue weighted by Gasteiger charge is 2.45. The summed E-state index contributed by atoms with van der Waals surface area (Å²) in [5, 5.41) is 0. The molecule has 0 saturated carbocycles. The molecule has 0 unspecified atom stereocenters. The van der Waals surface area contributed by atoms with Crippen LogP contribution in [0.3, 0.4) is 0 Å². The molecule has 32 heavy (non-hydrogen) atoms. The van der Waals surface area contributed by atoms with E-state index in [-0.39, 0.29) is 11.4 Å². The third-order valence-corrected chi connectivity index (χ3v) is 6.98. The number of piperidine rings is 1. The molecule has 1 spiro atoms. The molecular formula is C26H30N4O2. The molecule has 6 heteroatoms. The number of hydrogen-bond donors (Lipinski definition) is 0. The number of amides is 1. The Balaban J connectivity index is 1.32. The van der Waals surface area contributed by atoms with Crippen LogP contribution >= 0.6 is 0 Å². The topological polar surface area (TPSA) is 50.6 Å². The Labute approximate surface area is 189 Å². The molecule has 0 aliphatic carbocycles. The van der Waals surface area contributed by atoms with Gasteiger partial charge >= 0.3 is 0 Å². The minimum atomic E-state index is -0.168. The highest BCUT2D eigenvalue weighted by atomic mass is 16.5. The molecule has 1 amide bonds. The minimum absolute atomic E-state index is 0.168. The summed E-state index contributed by atoms with van der Waals surface area (Å²) in [5.74, 6) is 2.12. The molecule has 2 aliphatic heterocycles. The lowest BCUT2D eigenvalue weighted by Gasteiger charge is -2.46. The molecule has 0 radical (unpaired) electrons. The maximum atomic E-state index is 13.0. The van der Waals surface area contributed by atoms with Crippen LogP contribution in [0.5, 0.6) is 5.75 Å². The number of aromatic nitrogens is 2. The standard InChI is InChI=1S/C26H30N4O2/c1-3-32-22-10-8-20(9-11-22)18-24(31)29-15-12-26(13-16-29)25-27-14-17-30(25)23-7-5-4-6-21(23)19-28(26)2/h4-11,14,17H,3,12-13,15-16,18-19H2,1-2H3. The molecule has 0 atom stereocenters. The van der Waals surface area contributed by atoms with Crippen LogP contribution in [0.4, 0.5) is 0 Å². The Kier molecular flexibility index (Phi) is 5.47. The van der Waals surface area contributed by atoms with Crippen molar-refractivity contribution in [2.75, 3.05) is 26.7 Å². The number of para-hydroxylation sites is 1.